The number of carbonyl (C=O) groups excluding carboxylic acids is 8. The van der Waals surface area contributed by atoms with E-state index in [1.165, 1.54) is 24.3 Å². The monoisotopic (exact) mass is 1280 g/mol. The molecule has 0 radical (unpaired) electrons. The highest BCUT2D eigenvalue weighted by Crippen LogP contribution is 2.41. The standard InChI is InChI=1S/C80H68N4O12/c85-73(57-23-5-1-6-24-57)77(89)61-31-13-17-35-65(61)93-69-41-39-55(51-71(69)95-67-37-19-15-33-63(67)79(91)75(87)59-27-9-3-10-28-59)53-81-43-21-45-83-47-49-84(50-48-83)46-22-44-82-54-56-40-42-70(94-66-36-18-14-32-62(66)78(90)74(86)58-25-7-2-8-26-58)72(52-56)96-68-38-20-16-34-64(68)80(92)76(88)60-29-11-4-12-30-60/h1-20,23-42,51-52,81-82H,21-22,43-50,53-54H2. The number of ketones is 8. The average Bonchev–Trinajstić information content (AvgIpc) is 0.865. The van der Waals surface area contributed by atoms with Gasteiger partial charge in [-0.15, -0.1) is 0 Å². The van der Waals surface area contributed by atoms with E-state index in [4.69, 9.17) is 18.9 Å². The molecule has 96 heavy (non-hydrogen) atoms. The summed E-state index contributed by atoms with van der Waals surface area (Å²) >= 11 is 0. The van der Waals surface area contributed by atoms with Crippen molar-refractivity contribution in [3.8, 4) is 46.0 Å². The average molecular weight is 1280 g/mol. The number of carbonyl (C=O) groups is 8. The van der Waals surface area contributed by atoms with Crippen LogP contribution in [0.5, 0.6) is 46.0 Å². The molecule has 1 fully saturated rings. The Kier molecular flexibility index (Phi) is 22.3. The summed E-state index contributed by atoms with van der Waals surface area (Å²) in [6.07, 6.45) is 1.79. The van der Waals surface area contributed by atoms with Gasteiger partial charge in [-0.1, -0.05) is 182 Å². The smallest absolute Gasteiger partial charge is 0.237 e. The van der Waals surface area contributed by atoms with Gasteiger partial charge in [0.25, 0.3) is 0 Å². The number of rotatable bonds is 32. The Balaban J connectivity index is 0.683. The Hall–Kier alpha value is -11.4. The number of para-hydroxylation sites is 4. The Morgan fingerprint density at radius 1 is 0.271 bits per heavy atom. The molecule has 16 nitrogen and oxygen atoms in total. The Morgan fingerprint density at radius 2 is 0.521 bits per heavy atom. The molecule has 0 bridgehead atoms. The number of piperazine rings is 1. The van der Waals surface area contributed by atoms with E-state index in [1.807, 2.05) is 12.1 Å². The highest BCUT2D eigenvalue weighted by molar-refractivity contribution is 6.51. The highest BCUT2D eigenvalue weighted by Gasteiger charge is 2.28. The van der Waals surface area contributed by atoms with Gasteiger partial charge in [-0.05, 0) is 123 Å². The molecule has 10 aromatic rings. The molecule has 1 aliphatic heterocycles. The molecule has 1 heterocycles. The normalized spacial score (nSPS) is 12.2. The summed E-state index contributed by atoms with van der Waals surface area (Å²) < 4.78 is 25.8. The number of nitrogens with one attached hydrogen (secondary N) is 2. The molecular formula is C80H68N4O12. The topological polar surface area (TPSA) is 204 Å². The fraction of sp³-hybridized carbons (Fsp3) is 0.150. The van der Waals surface area contributed by atoms with E-state index >= 15 is 0 Å². The van der Waals surface area contributed by atoms with Crippen molar-refractivity contribution in [1.29, 1.82) is 0 Å². The van der Waals surface area contributed by atoms with Crippen molar-refractivity contribution in [1.82, 2.24) is 20.4 Å². The van der Waals surface area contributed by atoms with Crippen LogP contribution in [0.1, 0.15) is 107 Å². The van der Waals surface area contributed by atoms with Crippen LogP contribution in [0.2, 0.25) is 0 Å². The molecular weight excluding hydrogens is 1210 g/mol. The fourth-order valence-corrected chi connectivity index (χ4v) is 11.0. The lowest BCUT2D eigenvalue weighted by Gasteiger charge is -2.34. The van der Waals surface area contributed by atoms with Crippen molar-refractivity contribution in [2.24, 2.45) is 0 Å². The predicted octanol–water partition coefficient (Wildman–Crippen LogP) is 14.4. The lowest BCUT2D eigenvalue weighted by atomic mass is 10.0. The van der Waals surface area contributed by atoms with Gasteiger partial charge in [0, 0.05) is 61.5 Å². The second kappa shape index (κ2) is 32.4. The summed E-state index contributed by atoms with van der Waals surface area (Å²) in [6.45, 7) is 7.92. The number of ether oxygens (including phenoxy) is 4. The third kappa shape index (κ3) is 16.9. The van der Waals surface area contributed by atoms with Crippen molar-refractivity contribution in [3.05, 3.63) is 310 Å². The van der Waals surface area contributed by atoms with Gasteiger partial charge >= 0.3 is 0 Å². The van der Waals surface area contributed by atoms with Gasteiger partial charge in [0.1, 0.15) is 23.0 Å². The summed E-state index contributed by atoms with van der Waals surface area (Å²) in [5.74, 6) is -4.38. The SMILES string of the molecule is O=C(C(=O)c1ccccc1Oc1ccc(CNCCCN2CCN(CCCNCc3ccc(Oc4ccccc4C(=O)C(=O)c4ccccc4)c(Oc4ccccc4C(=O)C(=O)c4ccccc4)c3)CC2)cc1Oc1ccccc1C(=O)C(=O)c1ccccc1)c1ccccc1. The summed E-state index contributed by atoms with van der Waals surface area (Å²) in [5.41, 5.74) is 2.89. The molecule has 0 amide bonds. The molecule has 0 saturated carbocycles. The van der Waals surface area contributed by atoms with Crippen LogP contribution in [0.15, 0.2) is 255 Å². The number of benzene rings is 10. The number of hydrogen-bond donors (Lipinski definition) is 2. The largest absolute Gasteiger partial charge is 0.453 e. The van der Waals surface area contributed by atoms with Gasteiger partial charge in [0.15, 0.2) is 23.0 Å². The summed E-state index contributed by atoms with van der Waals surface area (Å²) in [4.78, 5) is 113. The summed E-state index contributed by atoms with van der Waals surface area (Å²) in [6, 6.07) is 69.9. The predicted molar refractivity (Wildman–Crippen MR) is 365 cm³/mol. The quantitative estimate of drug-likeness (QED) is 0.0229. The first kappa shape index (κ1) is 66.1. The van der Waals surface area contributed by atoms with E-state index in [0.29, 0.717) is 13.1 Å². The zero-order valence-electron chi connectivity index (χ0n) is 52.5. The second-order valence-corrected chi connectivity index (χ2v) is 22.8. The van der Waals surface area contributed by atoms with Crippen LogP contribution < -0.4 is 29.6 Å². The third-order valence-corrected chi connectivity index (χ3v) is 16.2. The van der Waals surface area contributed by atoms with E-state index in [1.54, 1.807) is 218 Å². The molecule has 0 unspecified atom stereocenters. The first-order valence-corrected chi connectivity index (χ1v) is 31.7. The van der Waals surface area contributed by atoms with E-state index in [2.05, 4.69) is 20.4 Å². The molecule has 0 aliphatic carbocycles. The van der Waals surface area contributed by atoms with Gasteiger partial charge in [-0.3, -0.25) is 38.4 Å². The minimum atomic E-state index is -0.747. The van der Waals surface area contributed by atoms with E-state index in [-0.39, 0.29) is 90.5 Å². The lowest BCUT2D eigenvalue weighted by molar-refractivity contribution is 0.0815. The molecule has 10 aromatic carbocycles. The van der Waals surface area contributed by atoms with Gasteiger partial charge in [0.2, 0.25) is 46.3 Å². The zero-order chi connectivity index (χ0) is 66.6. The molecule has 1 saturated heterocycles. The van der Waals surface area contributed by atoms with Gasteiger partial charge in [-0.25, -0.2) is 0 Å². The van der Waals surface area contributed by atoms with E-state index < -0.39 is 46.3 Å². The zero-order valence-corrected chi connectivity index (χ0v) is 52.5. The highest BCUT2D eigenvalue weighted by atomic mass is 16.5. The van der Waals surface area contributed by atoms with Crippen molar-refractivity contribution in [2.45, 2.75) is 25.9 Å². The van der Waals surface area contributed by atoms with Crippen LogP contribution in [0, 0.1) is 0 Å². The van der Waals surface area contributed by atoms with Crippen LogP contribution in [0.3, 0.4) is 0 Å². The Labute approximate surface area is 556 Å². The molecule has 0 aromatic heterocycles. The van der Waals surface area contributed by atoms with Gasteiger partial charge in [-0.2, -0.15) is 0 Å². The van der Waals surface area contributed by atoms with Gasteiger partial charge in [0.05, 0.1) is 22.3 Å². The first-order valence-electron chi connectivity index (χ1n) is 31.7. The molecule has 2 N–H and O–H groups in total. The molecule has 0 atom stereocenters. The molecule has 1 aliphatic rings. The Morgan fingerprint density at radius 3 is 0.802 bits per heavy atom. The van der Waals surface area contributed by atoms with Crippen molar-refractivity contribution >= 4 is 46.3 Å². The maximum atomic E-state index is 13.8. The van der Waals surface area contributed by atoms with Crippen molar-refractivity contribution in [3.63, 3.8) is 0 Å². The summed E-state index contributed by atoms with van der Waals surface area (Å²) in [7, 11) is 0. The van der Waals surface area contributed by atoms with Gasteiger partial charge < -0.3 is 39.4 Å². The van der Waals surface area contributed by atoms with Crippen LogP contribution in [0.4, 0.5) is 0 Å². The number of Topliss-reactive ketones (excluding diaryl/α,β-unsaturated/α-hetero) is 8. The molecule has 11 rings (SSSR count). The lowest BCUT2D eigenvalue weighted by Crippen LogP contribution is -2.47. The minimum absolute atomic E-state index is 0.0568. The Bertz CT molecular complexity index is 4160. The third-order valence-electron chi connectivity index (χ3n) is 16.2. The van der Waals surface area contributed by atoms with Crippen molar-refractivity contribution < 1.29 is 57.3 Å². The minimum Gasteiger partial charge on any atom is -0.453 e. The van der Waals surface area contributed by atoms with E-state index in [9.17, 15) is 38.4 Å². The van der Waals surface area contributed by atoms with Crippen LogP contribution in [-0.2, 0) is 13.1 Å². The van der Waals surface area contributed by atoms with E-state index in [0.717, 1.165) is 76.3 Å². The maximum absolute atomic E-state index is 13.8. The fourth-order valence-electron chi connectivity index (χ4n) is 11.0. The first-order chi connectivity index (χ1) is 46.9. The summed E-state index contributed by atoms with van der Waals surface area (Å²) in [5, 5.41) is 7.10. The number of hydrogen-bond acceptors (Lipinski definition) is 16. The van der Waals surface area contributed by atoms with Crippen LogP contribution >= 0.6 is 0 Å². The van der Waals surface area contributed by atoms with Crippen LogP contribution in [0.25, 0.3) is 0 Å². The van der Waals surface area contributed by atoms with Crippen LogP contribution in [-0.4, -0.2) is 108 Å². The molecule has 0 spiro atoms. The molecule has 480 valence electrons. The molecule has 16 heteroatoms. The van der Waals surface area contributed by atoms with Crippen molar-refractivity contribution in [2.75, 3.05) is 52.4 Å². The number of nitrogens with zero attached hydrogens (tertiary/aromatic N) is 2. The second-order valence-electron chi connectivity index (χ2n) is 22.8. The maximum Gasteiger partial charge on any atom is 0.237 e.